The second-order valence-electron chi connectivity index (χ2n) is 5.14. The van der Waals surface area contributed by atoms with Crippen LogP contribution in [-0.4, -0.2) is 9.91 Å². The highest BCUT2D eigenvalue weighted by Crippen LogP contribution is 2.37. The molecule has 0 fully saturated rings. The van der Waals surface area contributed by atoms with Gasteiger partial charge in [-0.3, -0.25) is 10.1 Å². The molecule has 2 aromatic rings. The molecular formula is C14H14BrClN2O2. The SMILES string of the molecule is Cc1c(Br)ccc2c(Cl)c([N+](=O)[O-])c(CC(C)C)nc12. The molecule has 106 valence electrons. The number of nitrogens with zero attached hydrogens (tertiary/aromatic N) is 2. The van der Waals surface area contributed by atoms with Crippen molar-refractivity contribution in [1.82, 2.24) is 4.98 Å². The van der Waals surface area contributed by atoms with Gasteiger partial charge in [0.05, 0.1) is 10.4 Å². The minimum absolute atomic E-state index is 0.0745. The molecule has 0 N–H and O–H groups in total. The fraction of sp³-hybridized carbons (Fsp3) is 0.357. The normalized spacial score (nSPS) is 11.3. The number of pyridine rings is 1. The first-order valence-corrected chi connectivity index (χ1v) is 7.41. The van der Waals surface area contributed by atoms with Gasteiger partial charge in [-0.05, 0) is 37.0 Å². The van der Waals surface area contributed by atoms with E-state index >= 15 is 0 Å². The van der Waals surface area contributed by atoms with Crippen LogP contribution < -0.4 is 0 Å². The van der Waals surface area contributed by atoms with Crippen LogP contribution in [0.4, 0.5) is 5.69 Å². The number of aryl methyl sites for hydroxylation is 1. The lowest BCUT2D eigenvalue weighted by Crippen LogP contribution is -2.05. The second-order valence-corrected chi connectivity index (χ2v) is 6.38. The van der Waals surface area contributed by atoms with Gasteiger partial charge in [0, 0.05) is 9.86 Å². The van der Waals surface area contributed by atoms with E-state index in [1.165, 1.54) is 0 Å². The molecule has 0 aliphatic carbocycles. The largest absolute Gasteiger partial charge is 0.309 e. The summed E-state index contributed by atoms with van der Waals surface area (Å²) in [5, 5.41) is 12.1. The molecule has 0 spiro atoms. The van der Waals surface area contributed by atoms with E-state index in [0.717, 1.165) is 10.0 Å². The molecule has 0 saturated heterocycles. The molecule has 1 heterocycles. The van der Waals surface area contributed by atoms with Crippen LogP contribution >= 0.6 is 27.5 Å². The van der Waals surface area contributed by atoms with Crippen molar-refractivity contribution in [1.29, 1.82) is 0 Å². The third-order valence-electron chi connectivity index (χ3n) is 3.11. The average Bonchev–Trinajstić information content (AvgIpc) is 2.33. The maximum atomic E-state index is 11.3. The Morgan fingerprint density at radius 1 is 1.45 bits per heavy atom. The molecule has 0 unspecified atom stereocenters. The Bertz CT molecular complexity index is 701. The summed E-state index contributed by atoms with van der Waals surface area (Å²) in [6.45, 7) is 5.91. The first-order valence-electron chi connectivity index (χ1n) is 6.24. The topological polar surface area (TPSA) is 56.0 Å². The number of hydrogen-bond donors (Lipinski definition) is 0. The van der Waals surface area contributed by atoms with Crippen LogP contribution in [0, 0.1) is 23.0 Å². The lowest BCUT2D eigenvalue weighted by atomic mass is 10.0. The first-order chi connectivity index (χ1) is 9.32. The molecule has 0 atom stereocenters. The van der Waals surface area contributed by atoms with E-state index in [1.807, 2.05) is 26.8 Å². The first kappa shape index (κ1) is 15.2. The van der Waals surface area contributed by atoms with Crippen LogP contribution in [0.15, 0.2) is 16.6 Å². The summed E-state index contributed by atoms with van der Waals surface area (Å²) in [4.78, 5) is 15.4. The van der Waals surface area contributed by atoms with Gasteiger partial charge in [-0.15, -0.1) is 0 Å². The highest BCUT2D eigenvalue weighted by molar-refractivity contribution is 9.10. The van der Waals surface area contributed by atoms with Crippen LogP contribution in [0.25, 0.3) is 10.9 Å². The Morgan fingerprint density at radius 2 is 2.10 bits per heavy atom. The Balaban J connectivity index is 2.85. The Hall–Kier alpha value is -1.20. The van der Waals surface area contributed by atoms with Crippen molar-refractivity contribution in [2.45, 2.75) is 27.2 Å². The molecular weight excluding hydrogens is 344 g/mol. The molecule has 20 heavy (non-hydrogen) atoms. The highest BCUT2D eigenvalue weighted by atomic mass is 79.9. The van der Waals surface area contributed by atoms with Crippen molar-refractivity contribution < 1.29 is 4.92 Å². The zero-order chi connectivity index (χ0) is 15.0. The van der Waals surface area contributed by atoms with Gasteiger partial charge < -0.3 is 0 Å². The highest BCUT2D eigenvalue weighted by Gasteiger charge is 2.24. The van der Waals surface area contributed by atoms with Crippen molar-refractivity contribution in [2.75, 3.05) is 0 Å². The number of benzene rings is 1. The lowest BCUT2D eigenvalue weighted by Gasteiger charge is -2.11. The fourth-order valence-corrected chi connectivity index (χ4v) is 2.80. The number of nitro groups is 1. The zero-order valence-corrected chi connectivity index (χ0v) is 13.7. The number of rotatable bonds is 3. The third kappa shape index (κ3) is 2.65. The van der Waals surface area contributed by atoms with Crippen LogP contribution in [0.5, 0.6) is 0 Å². The molecule has 6 heteroatoms. The number of fused-ring (bicyclic) bond motifs is 1. The summed E-state index contributed by atoms with van der Waals surface area (Å²) in [7, 11) is 0. The lowest BCUT2D eigenvalue weighted by molar-refractivity contribution is -0.385. The number of aromatic nitrogens is 1. The molecule has 1 aromatic carbocycles. The van der Waals surface area contributed by atoms with Gasteiger partial charge in [0.25, 0.3) is 0 Å². The minimum Gasteiger partial charge on any atom is -0.258 e. The van der Waals surface area contributed by atoms with Crippen molar-refractivity contribution in [3.05, 3.63) is 43.0 Å². The van der Waals surface area contributed by atoms with Crippen molar-refractivity contribution >= 4 is 44.1 Å². The van der Waals surface area contributed by atoms with E-state index in [4.69, 9.17) is 11.6 Å². The van der Waals surface area contributed by atoms with Crippen LogP contribution in [-0.2, 0) is 6.42 Å². The monoisotopic (exact) mass is 356 g/mol. The molecule has 4 nitrogen and oxygen atoms in total. The molecule has 2 rings (SSSR count). The second kappa shape index (κ2) is 5.66. The average molecular weight is 358 g/mol. The summed E-state index contributed by atoms with van der Waals surface area (Å²) < 4.78 is 0.915. The van der Waals surface area contributed by atoms with Gasteiger partial charge in [0.2, 0.25) is 0 Å². The molecule has 0 saturated carbocycles. The van der Waals surface area contributed by atoms with Gasteiger partial charge in [-0.2, -0.15) is 0 Å². The summed E-state index contributed by atoms with van der Waals surface area (Å²) in [5.74, 6) is 0.266. The molecule has 1 aromatic heterocycles. The van der Waals surface area contributed by atoms with Gasteiger partial charge >= 0.3 is 5.69 Å². The van der Waals surface area contributed by atoms with Crippen LogP contribution in [0.2, 0.25) is 5.02 Å². The summed E-state index contributed by atoms with van der Waals surface area (Å²) >= 11 is 9.70. The maximum absolute atomic E-state index is 11.3. The van der Waals surface area contributed by atoms with Gasteiger partial charge in [-0.25, -0.2) is 4.98 Å². The summed E-state index contributed by atoms with van der Waals surface area (Å²) in [6.07, 6.45) is 0.526. The Kier molecular flexibility index (Phi) is 4.30. The molecule has 0 radical (unpaired) electrons. The smallest absolute Gasteiger partial charge is 0.258 e. The Morgan fingerprint density at radius 3 is 2.65 bits per heavy atom. The van der Waals surface area contributed by atoms with Gasteiger partial charge in [0.1, 0.15) is 10.7 Å². The van der Waals surface area contributed by atoms with E-state index < -0.39 is 4.92 Å². The zero-order valence-electron chi connectivity index (χ0n) is 11.4. The summed E-state index contributed by atoms with van der Waals surface area (Å²) in [5.41, 5.74) is 2.02. The third-order valence-corrected chi connectivity index (χ3v) is 4.36. The van der Waals surface area contributed by atoms with E-state index in [9.17, 15) is 10.1 Å². The quantitative estimate of drug-likeness (QED) is 0.569. The van der Waals surface area contributed by atoms with E-state index in [0.29, 0.717) is 23.0 Å². The number of halogens is 2. The van der Waals surface area contributed by atoms with Crippen molar-refractivity contribution in [3.8, 4) is 0 Å². The standard InChI is InChI=1S/C14H14BrClN2O2/c1-7(2)6-11-14(18(19)20)12(16)9-4-5-10(15)8(3)13(9)17-11/h4-5,7H,6H2,1-3H3. The van der Waals surface area contributed by atoms with Crippen molar-refractivity contribution in [3.63, 3.8) is 0 Å². The van der Waals surface area contributed by atoms with E-state index in [-0.39, 0.29) is 16.6 Å². The van der Waals surface area contributed by atoms with E-state index in [1.54, 1.807) is 6.07 Å². The predicted molar refractivity (Wildman–Crippen MR) is 84.4 cm³/mol. The van der Waals surface area contributed by atoms with Gasteiger partial charge in [-0.1, -0.05) is 41.4 Å². The van der Waals surface area contributed by atoms with Crippen LogP contribution in [0.3, 0.4) is 0 Å². The van der Waals surface area contributed by atoms with Crippen molar-refractivity contribution in [2.24, 2.45) is 5.92 Å². The molecule has 0 aliphatic rings. The molecule has 0 bridgehead atoms. The van der Waals surface area contributed by atoms with Crippen LogP contribution in [0.1, 0.15) is 25.1 Å². The molecule has 0 amide bonds. The minimum atomic E-state index is -0.441. The molecule has 0 aliphatic heterocycles. The fourth-order valence-electron chi connectivity index (χ4n) is 2.15. The predicted octanol–water partition coefficient (Wildman–Crippen LogP) is 5.07. The van der Waals surface area contributed by atoms with Gasteiger partial charge in [0.15, 0.2) is 0 Å². The number of hydrogen-bond acceptors (Lipinski definition) is 3. The maximum Gasteiger partial charge on any atom is 0.309 e. The Labute approximate surface area is 130 Å². The summed E-state index contributed by atoms with van der Waals surface area (Å²) in [6, 6.07) is 3.59. The van der Waals surface area contributed by atoms with E-state index in [2.05, 4.69) is 20.9 Å².